The van der Waals surface area contributed by atoms with Crippen LogP contribution in [-0.4, -0.2) is 17.0 Å². The number of carbonyl (C=O) groups is 2. The van der Waals surface area contributed by atoms with Crippen molar-refractivity contribution in [2.45, 2.75) is 10.8 Å². The van der Waals surface area contributed by atoms with Gasteiger partial charge in [-0.25, -0.2) is 4.79 Å². The Labute approximate surface area is 113 Å². The van der Waals surface area contributed by atoms with E-state index >= 15 is 0 Å². The second-order valence-electron chi connectivity index (χ2n) is 3.78. The molecule has 98 valence electrons. The molecule has 0 aliphatic carbocycles. The van der Waals surface area contributed by atoms with E-state index in [1.54, 1.807) is 24.3 Å². The molecule has 1 aromatic heterocycles. The van der Waals surface area contributed by atoms with Crippen molar-refractivity contribution in [3.8, 4) is 0 Å². The Kier molecular flexibility index (Phi) is 3.91. The topological polar surface area (TPSA) is 93.5 Å². The van der Waals surface area contributed by atoms with Crippen LogP contribution in [0.15, 0.2) is 45.9 Å². The van der Waals surface area contributed by atoms with E-state index in [1.165, 1.54) is 17.8 Å². The summed E-state index contributed by atoms with van der Waals surface area (Å²) in [7, 11) is 0. The number of benzene rings is 1. The molecule has 3 N–H and O–H groups in total. The van der Waals surface area contributed by atoms with Crippen LogP contribution in [-0.2, 0) is 5.75 Å². The monoisotopic (exact) mass is 277 g/mol. The normalized spacial score (nSPS) is 10.3. The van der Waals surface area contributed by atoms with Crippen molar-refractivity contribution in [3.05, 3.63) is 53.3 Å². The van der Waals surface area contributed by atoms with Gasteiger partial charge in [-0.05, 0) is 29.8 Å². The Hall–Kier alpha value is -2.21. The van der Waals surface area contributed by atoms with Crippen LogP contribution in [0.25, 0.3) is 0 Å². The summed E-state index contributed by atoms with van der Waals surface area (Å²) in [5.74, 6) is -1.10. The van der Waals surface area contributed by atoms with Gasteiger partial charge in [0.05, 0.1) is 0 Å². The highest BCUT2D eigenvalue weighted by Crippen LogP contribution is 2.25. The number of nitrogens with two attached hydrogens (primary N) is 1. The summed E-state index contributed by atoms with van der Waals surface area (Å²) in [5.41, 5.74) is 6.56. The van der Waals surface area contributed by atoms with E-state index in [9.17, 15) is 9.59 Å². The molecule has 1 heterocycles. The number of carboxylic acids is 1. The van der Waals surface area contributed by atoms with Crippen molar-refractivity contribution >= 4 is 23.6 Å². The molecule has 0 aliphatic heterocycles. The van der Waals surface area contributed by atoms with Gasteiger partial charge >= 0.3 is 5.97 Å². The maximum absolute atomic E-state index is 11.0. The van der Waals surface area contributed by atoms with Crippen molar-refractivity contribution in [1.82, 2.24) is 0 Å². The quantitative estimate of drug-likeness (QED) is 0.818. The van der Waals surface area contributed by atoms with E-state index in [1.807, 2.05) is 6.07 Å². The van der Waals surface area contributed by atoms with Gasteiger partial charge in [0.25, 0.3) is 0 Å². The largest absolute Gasteiger partial charge is 0.475 e. The van der Waals surface area contributed by atoms with Crippen LogP contribution in [0.1, 0.15) is 26.5 Å². The third kappa shape index (κ3) is 3.38. The maximum Gasteiger partial charge on any atom is 0.371 e. The van der Waals surface area contributed by atoms with Crippen molar-refractivity contribution in [2.75, 3.05) is 0 Å². The van der Waals surface area contributed by atoms with Crippen molar-refractivity contribution < 1.29 is 19.1 Å². The zero-order chi connectivity index (χ0) is 13.8. The summed E-state index contributed by atoms with van der Waals surface area (Å²) in [4.78, 5) is 21.7. The number of carbonyl (C=O) groups excluding carboxylic acids is 1. The Morgan fingerprint density at radius 1 is 1.26 bits per heavy atom. The predicted octanol–water partition coefficient (Wildman–Crippen LogP) is 2.37. The average molecular weight is 277 g/mol. The minimum absolute atomic E-state index is 0.0895. The fourth-order valence-corrected chi connectivity index (χ4v) is 2.28. The second-order valence-corrected chi connectivity index (χ2v) is 4.76. The SMILES string of the molecule is NC(=O)c1cccc(CSc2ccc(C(=O)O)o2)c1. The van der Waals surface area contributed by atoms with Crippen LogP contribution in [0.3, 0.4) is 0 Å². The van der Waals surface area contributed by atoms with E-state index in [2.05, 4.69) is 0 Å². The molecule has 0 atom stereocenters. The Morgan fingerprint density at radius 2 is 2.05 bits per heavy atom. The van der Waals surface area contributed by atoms with Crippen LogP contribution in [0.4, 0.5) is 0 Å². The first kappa shape index (κ1) is 13.2. The Bertz CT molecular complexity index is 621. The van der Waals surface area contributed by atoms with E-state index in [4.69, 9.17) is 15.3 Å². The lowest BCUT2D eigenvalue weighted by Crippen LogP contribution is -2.10. The number of amides is 1. The minimum atomic E-state index is -1.09. The van der Waals surface area contributed by atoms with Gasteiger partial charge in [-0.1, -0.05) is 23.9 Å². The fourth-order valence-electron chi connectivity index (χ4n) is 1.48. The predicted molar refractivity (Wildman–Crippen MR) is 70.2 cm³/mol. The van der Waals surface area contributed by atoms with E-state index in [0.717, 1.165) is 5.56 Å². The van der Waals surface area contributed by atoms with Gasteiger partial charge in [0, 0.05) is 11.3 Å². The molecular formula is C13H11NO4S. The highest BCUT2D eigenvalue weighted by molar-refractivity contribution is 7.98. The molecule has 0 saturated carbocycles. The van der Waals surface area contributed by atoms with Crippen LogP contribution >= 0.6 is 11.8 Å². The van der Waals surface area contributed by atoms with Gasteiger partial charge in [-0.2, -0.15) is 0 Å². The lowest BCUT2D eigenvalue weighted by molar-refractivity contribution is 0.0656. The zero-order valence-electron chi connectivity index (χ0n) is 9.83. The number of hydrogen-bond donors (Lipinski definition) is 2. The Balaban J connectivity index is 2.03. The van der Waals surface area contributed by atoms with Gasteiger partial charge in [0.2, 0.25) is 11.7 Å². The van der Waals surface area contributed by atoms with Gasteiger partial charge in [0.15, 0.2) is 5.09 Å². The van der Waals surface area contributed by atoms with Crippen LogP contribution in [0.2, 0.25) is 0 Å². The summed E-state index contributed by atoms with van der Waals surface area (Å²) in [6.45, 7) is 0. The number of primary amides is 1. The minimum Gasteiger partial charge on any atom is -0.475 e. The molecule has 0 bridgehead atoms. The maximum atomic E-state index is 11.0. The van der Waals surface area contributed by atoms with E-state index < -0.39 is 11.9 Å². The summed E-state index contributed by atoms with van der Waals surface area (Å²) < 4.78 is 5.12. The number of furan rings is 1. The van der Waals surface area contributed by atoms with Gasteiger partial charge in [-0.3, -0.25) is 4.79 Å². The molecule has 1 aromatic carbocycles. The van der Waals surface area contributed by atoms with Crippen LogP contribution in [0, 0.1) is 0 Å². The Morgan fingerprint density at radius 3 is 2.68 bits per heavy atom. The van der Waals surface area contributed by atoms with Crippen molar-refractivity contribution in [2.24, 2.45) is 5.73 Å². The number of carboxylic acid groups (broad SMARTS) is 1. The smallest absolute Gasteiger partial charge is 0.371 e. The molecule has 0 aliphatic rings. The van der Waals surface area contributed by atoms with Gasteiger partial charge in [0.1, 0.15) is 0 Å². The summed E-state index contributed by atoms with van der Waals surface area (Å²) in [5, 5.41) is 9.24. The van der Waals surface area contributed by atoms with E-state index in [0.29, 0.717) is 16.4 Å². The highest BCUT2D eigenvalue weighted by atomic mass is 32.2. The fraction of sp³-hybridized carbons (Fsp3) is 0.0769. The molecule has 0 fully saturated rings. The van der Waals surface area contributed by atoms with Gasteiger partial charge < -0.3 is 15.3 Å². The number of hydrogen-bond acceptors (Lipinski definition) is 4. The zero-order valence-corrected chi connectivity index (χ0v) is 10.6. The number of aromatic carboxylic acids is 1. The lowest BCUT2D eigenvalue weighted by atomic mass is 10.1. The summed E-state index contributed by atoms with van der Waals surface area (Å²) in [6.07, 6.45) is 0. The summed E-state index contributed by atoms with van der Waals surface area (Å²) >= 11 is 1.35. The molecule has 6 heteroatoms. The van der Waals surface area contributed by atoms with Crippen LogP contribution in [0.5, 0.6) is 0 Å². The number of rotatable bonds is 5. The molecule has 19 heavy (non-hydrogen) atoms. The molecule has 2 aromatic rings. The van der Waals surface area contributed by atoms with Gasteiger partial charge in [-0.15, -0.1) is 0 Å². The molecule has 0 saturated heterocycles. The van der Waals surface area contributed by atoms with Crippen LogP contribution < -0.4 is 5.73 Å². The lowest BCUT2D eigenvalue weighted by Gasteiger charge is -2.01. The van der Waals surface area contributed by atoms with Crippen molar-refractivity contribution in [3.63, 3.8) is 0 Å². The average Bonchev–Trinajstić information content (AvgIpc) is 2.85. The molecule has 0 radical (unpaired) electrons. The molecule has 2 rings (SSSR count). The molecule has 0 spiro atoms. The van der Waals surface area contributed by atoms with E-state index in [-0.39, 0.29) is 5.76 Å². The van der Waals surface area contributed by atoms with Crippen molar-refractivity contribution in [1.29, 1.82) is 0 Å². The molecular weight excluding hydrogens is 266 g/mol. The standard InChI is InChI=1S/C13H11NO4S/c14-12(15)9-3-1-2-8(6-9)7-19-11-5-4-10(18-11)13(16)17/h1-6H,7H2,(H2,14,15)(H,16,17). The first-order valence-electron chi connectivity index (χ1n) is 5.41. The third-order valence-corrected chi connectivity index (χ3v) is 3.37. The molecule has 5 nitrogen and oxygen atoms in total. The molecule has 0 unspecified atom stereocenters. The first-order chi connectivity index (χ1) is 9.06. The molecule has 1 amide bonds. The second kappa shape index (κ2) is 5.62. The highest BCUT2D eigenvalue weighted by Gasteiger charge is 2.09. The number of thioether (sulfide) groups is 1. The summed E-state index contributed by atoms with van der Waals surface area (Å²) in [6, 6.07) is 9.97. The first-order valence-corrected chi connectivity index (χ1v) is 6.39. The third-order valence-electron chi connectivity index (χ3n) is 2.38.